The molecule has 0 bridgehead atoms. The van der Waals surface area contributed by atoms with E-state index in [0.29, 0.717) is 17.5 Å². The number of hydrogen-bond donors (Lipinski definition) is 3. The molecular formula is C16H17N7O3S. The number of H-pyrrole nitrogens is 1. The van der Waals surface area contributed by atoms with Gasteiger partial charge in [-0.15, -0.1) is 0 Å². The first-order chi connectivity index (χ1) is 12.8. The molecule has 0 radical (unpaired) electrons. The number of sulfonamides is 1. The minimum atomic E-state index is -3.61. The zero-order chi connectivity index (χ0) is 19.6. The Morgan fingerprint density at radius 2 is 2.15 bits per heavy atom. The number of nitriles is 1. The maximum Gasteiger partial charge on any atom is 0.328 e. The van der Waals surface area contributed by atoms with Crippen molar-refractivity contribution in [1.29, 1.82) is 5.26 Å². The highest BCUT2D eigenvalue weighted by Gasteiger charge is 2.17. The average Bonchev–Trinajstić information content (AvgIpc) is 2.91. The van der Waals surface area contributed by atoms with Crippen molar-refractivity contribution in [3.63, 3.8) is 0 Å². The summed E-state index contributed by atoms with van der Waals surface area (Å²) in [5.41, 5.74) is 6.95. The summed E-state index contributed by atoms with van der Waals surface area (Å²) in [6.07, 6.45) is 0.428. The highest BCUT2D eigenvalue weighted by atomic mass is 32.2. The van der Waals surface area contributed by atoms with Crippen LogP contribution in [0.4, 0.5) is 11.8 Å². The van der Waals surface area contributed by atoms with Crippen LogP contribution in [0, 0.1) is 11.3 Å². The Hall–Kier alpha value is -3.39. The number of anilines is 2. The number of nitrogens with one attached hydrogen (secondary N) is 2. The monoisotopic (exact) mass is 387 g/mol. The van der Waals surface area contributed by atoms with Gasteiger partial charge in [-0.05, 0) is 24.1 Å². The van der Waals surface area contributed by atoms with Crippen molar-refractivity contribution in [2.24, 2.45) is 0 Å². The summed E-state index contributed by atoms with van der Waals surface area (Å²) in [6, 6.07) is 8.82. The van der Waals surface area contributed by atoms with Crippen molar-refractivity contribution in [3.8, 4) is 6.07 Å². The molecule has 0 saturated heterocycles. The summed E-state index contributed by atoms with van der Waals surface area (Å²) in [5.74, 6) is -0.336. The molecule has 0 atom stereocenters. The first-order valence-electron chi connectivity index (χ1n) is 8.08. The molecule has 0 aliphatic heterocycles. The Kier molecular flexibility index (Phi) is 4.83. The number of hydrogen-bond acceptors (Lipinski definition) is 7. The van der Waals surface area contributed by atoms with E-state index in [0.717, 1.165) is 0 Å². The Balaban J connectivity index is 2.06. The third-order valence-electron chi connectivity index (χ3n) is 3.77. The number of aromatic amines is 1. The fourth-order valence-electron chi connectivity index (χ4n) is 2.62. The molecule has 0 amide bonds. The van der Waals surface area contributed by atoms with Gasteiger partial charge in [-0.3, -0.25) is 9.29 Å². The number of aromatic nitrogens is 4. The standard InChI is InChI=1S/C16H17N7O3S/c1-2-6-27(25,26)22-15-20-13(18)12-14(21-15)23(16(24)19-12)9-11-5-3-4-10(7-11)8-17/h3-5,7H,2,6,9H2,1H3,(H,19,24)(H3,18,20,21,22). The molecule has 2 heterocycles. The number of rotatable bonds is 6. The second-order valence-corrected chi connectivity index (χ2v) is 7.72. The summed E-state index contributed by atoms with van der Waals surface area (Å²) >= 11 is 0. The van der Waals surface area contributed by atoms with Gasteiger partial charge in [-0.2, -0.15) is 15.2 Å². The summed E-state index contributed by atoms with van der Waals surface area (Å²) in [6.45, 7) is 1.86. The molecule has 10 nitrogen and oxygen atoms in total. The molecule has 1 aromatic carbocycles. The molecule has 3 aromatic rings. The molecule has 27 heavy (non-hydrogen) atoms. The van der Waals surface area contributed by atoms with Gasteiger partial charge in [-0.25, -0.2) is 13.2 Å². The Morgan fingerprint density at radius 1 is 1.37 bits per heavy atom. The minimum Gasteiger partial charge on any atom is -0.382 e. The fourth-order valence-corrected chi connectivity index (χ4v) is 3.63. The highest BCUT2D eigenvalue weighted by molar-refractivity contribution is 7.92. The maximum atomic E-state index is 12.3. The van der Waals surface area contributed by atoms with Gasteiger partial charge in [0.25, 0.3) is 0 Å². The van der Waals surface area contributed by atoms with Crippen LogP contribution in [0.25, 0.3) is 11.2 Å². The molecule has 140 valence electrons. The van der Waals surface area contributed by atoms with Gasteiger partial charge in [0.05, 0.1) is 23.9 Å². The van der Waals surface area contributed by atoms with Gasteiger partial charge in [0.2, 0.25) is 16.0 Å². The van der Waals surface area contributed by atoms with Crippen LogP contribution in [0.5, 0.6) is 0 Å². The van der Waals surface area contributed by atoms with E-state index in [1.54, 1.807) is 31.2 Å². The van der Waals surface area contributed by atoms with Crippen molar-refractivity contribution in [2.75, 3.05) is 16.2 Å². The van der Waals surface area contributed by atoms with E-state index in [-0.39, 0.29) is 35.2 Å². The third kappa shape index (κ3) is 3.90. The van der Waals surface area contributed by atoms with Crippen molar-refractivity contribution < 1.29 is 8.42 Å². The van der Waals surface area contributed by atoms with E-state index in [9.17, 15) is 13.2 Å². The smallest absolute Gasteiger partial charge is 0.328 e. The molecule has 3 rings (SSSR count). The Morgan fingerprint density at radius 3 is 2.85 bits per heavy atom. The van der Waals surface area contributed by atoms with Crippen molar-refractivity contribution in [2.45, 2.75) is 19.9 Å². The minimum absolute atomic E-state index is 0.0455. The molecule has 0 saturated carbocycles. The molecule has 4 N–H and O–H groups in total. The number of nitrogen functional groups attached to an aromatic ring is 1. The third-order valence-corrected chi connectivity index (χ3v) is 5.21. The van der Waals surface area contributed by atoms with Crippen molar-refractivity contribution in [1.82, 2.24) is 19.5 Å². The van der Waals surface area contributed by atoms with Crippen LogP contribution in [-0.2, 0) is 16.6 Å². The van der Waals surface area contributed by atoms with Crippen LogP contribution in [0.2, 0.25) is 0 Å². The fraction of sp³-hybridized carbons (Fsp3) is 0.250. The number of benzene rings is 1. The van der Waals surface area contributed by atoms with Gasteiger partial charge in [0.1, 0.15) is 5.52 Å². The molecule has 0 spiro atoms. The zero-order valence-corrected chi connectivity index (χ0v) is 15.2. The summed E-state index contributed by atoms with van der Waals surface area (Å²) in [4.78, 5) is 23.0. The maximum absolute atomic E-state index is 12.3. The van der Waals surface area contributed by atoms with Crippen LogP contribution in [-0.4, -0.2) is 33.7 Å². The predicted molar refractivity (Wildman–Crippen MR) is 101 cm³/mol. The SMILES string of the molecule is CCCS(=O)(=O)Nc1nc(N)c2[nH]c(=O)n(Cc3cccc(C#N)c3)c2n1. The molecule has 2 aromatic heterocycles. The second kappa shape index (κ2) is 7.08. The average molecular weight is 387 g/mol. The summed E-state index contributed by atoms with van der Waals surface area (Å²) in [7, 11) is -3.61. The molecular weight excluding hydrogens is 370 g/mol. The molecule has 0 aliphatic carbocycles. The van der Waals surface area contributed by atoms with E-state index in [2.05, 4.69) is 19.7 Å². The van der Waals surface area contributed by atoms with Gasteiger partial charge >= 0.3 is 5.69 Å². The van der Waals surface area contributed by atoms with Gasteiger partial charge in [0, 0.05) is 0 Å². The van der Waals surface area contributed by atoms with Crippen LogP contribution in [0.3, 0.4) is 0 Å². The van der Waals surface area contributed by atoms with Crippen molar-refractivity contribution >= 4 is 33.0 Å². The lowest BCUT2D eigenvalue weighted by Crippen LogP contribution is -2.20. The quantitative estimate of drug-likeness (QED) is 0.563. The van der Waals surface area contributed by atoms with Gasteiger partial charge in [-0.1, -0.05) is 19.1 Å². The molecule has 11 heteroatoms. The van der Waals surface area contributed by atoms with E-state index < -0.39 is 15.7 Å². The van der Waals surface area contributed by atoms with Crippen LogP contribution in [0.15, 0.2) is 29.1 Å². The summed E-state index contributed by atoms with van der Waals surface area (Å²) in [5, 5.41) is 9.01. The van der Waals surface area contributed by atoms with E-state index in [1.165, 1.54) is 4.57 Å². The van der Waals surface area contributed by atoms with E-state index >= 15 is 0 Å². The van der Waals surface area contributed by atoms with Crippen molar-refractivity contribution in [3.05, 3.63) is 45.9 Å². The molecule has 0 aliphatic rings. The Bertz CT molecular complexity index is 1200. The lowest BCUT2D eigenvalue weighted by Gasteiger charge is -2.08. The lowest BCUT2D eigenvalue weighted by atomic mass is 10.1. The van der Waals surface area contributed by atoms with E-state index in [1.807, 2.05) is 6.07 Å². The first kappa shape index (κ1) is 18.4. The van der Waals surface area contributed by atoms with Gasteiger partial charge < -0.3 is 10.7 Å². The van der Waals surface area contributed by atoms with E-state index in [4.69, 9.17) is 11.0 Å². The predicted octanol–water partition coefficient (Wildman–Crippen LogP) is 0.773. The molecule has 0 unspecified atom stereocenters. The highest BCUT2D eigenvalue weighted by Crippen LogP contribution is 2.18. The summed E-state index contributed by atoms with van der Waals surface area (Å²) < 4.78 is 27.5. The normalized spacial score (nSPS) is 11.4. The van der Waals surface area contributed by atoms with Crippen LogP contribution >= 0.6 is 0 Å². The largest absolute Gasteiger partial charge is 0.382 e. The zero-order valence-electron chi connectivity index (χ0n) is 14.4. The number of nitrogens with zero attached hydrogens (tertiary/aromatic N) is 4. The van der Waals surface area contributed by atoms with Crippen LogP contribution in [0.1, 0.15) is 24.5 Å². The Labute approximate surface area is 154 Å². The lowest BCUT2D eigenvalue weighted by molar-refractivity contribution is 0.599. The topological polar surface area (TPSA) is 160 Å². The number of imidazole rings is 1. The second-order valence-electron chi connectivity index (χ2n) is 5.88. The first-order valence-corrected chi connectivity index (χ1v) is 9.73. The van der Waals surface area contributed by atoms with Gasteiger partial charge in [0.15, 0.2) is 11.5 Å². The van der Waals surface area contributed by atoms with Crippen LogP contribution < -0.4 is 16.1 Å². The number of nitrogens with two attached hydrogens (primary N) is 1. The number of fused-ring (bicyclic) bond motifs is 1. The molecule has 0 fully saturated rings.